The summed E-state index contributed by atoms with van der Waals surface area (Å²) in [6, 6.07) is 10.8. The van der Waals surface area contributed by atoms with Gasteiger partial charge in [-0.25, -0.2) is 0 Å². The molecule has 118 valence electrons. The summed E-state index contributed by atoms with van der Waals surface area (Å²) in [7, 11) is 1.52. The fraction of sp³-hybridized carbons (Fsp3) is 0.375. The first-order valence-electron chi connectivity index (χ1n) is 7.08. The van der Waals surface area contributed by atoms with Crippen molar-refractivity contribution in [2.75, 3.05) is 31.6 Å². The van der Waals surface area contributed by atoms with Gasteiger partial charge in [-0.3, -0.25) is 9.59 Å². The molecule has 1 aliphatic rings. The lowest BCUT2D eigenvalue weighted by Gasteiger charge is -2.21. The molecule has 23 heavy (non-hydrogen) atoms. The lowest BCUT2D eigenvalue weighted by atomic mass is 10.1. The fourth-order valence-electron chi connectivity index (χ4n) is 2.60. The summed E-state index contributed by atoms with van der Waals surface area (Å²) >= 11 is 0. The van der Waals surface area contributed by atoms with Crippen molar-refractivity contribution in [3.05, 3.63) is 24.3 Å². The summed E-state index contributed by atoms with van der Waals surface area (Å²) < 4.78 is 5.25. The Hall–Kier alpha value is -3.06. The number of carbonyl (C=O) groups is 2. The van der Waals surface area contributed by atoms with Crippen LogP contribution in [0.3, 0.4) is 0 Å². The number of hydrogen-bond acceptors (Lipinski definition) is 5. The van der Waals surface area contributed by atoms with E-state index in [9.17, 15) is 9.59 Å². The molecule has 0 saturated carbocycles. The summed E-state index contributed by atoms with van der Waals surface area (Å²) in [6.45, 7) is -0.108. The van der Waals surface area contributed by atoms with E-state index < -0.39 is 5.92 Å². The number of methoxy groups -OCH3 is 1. The number of rotatable bonds is 5. The van der Waals surface area contributed by atoms with Gasteiger partial charge in [-0.2, -0.15) is 10.5 Å². The Morgan fingerprint density at radius 1 is 1.35 bits per heavy atom. The van der Waals surface area contributed by atoms with Crippen molar-refractivity contribution in [1.82, 2.24) is 4.90 Å². The normalized spacial score (nSPS) is 16.6. The van der Waals surface area contributed by atoms with Gasteiger partial charge >= 0.3 is 0 Å². The SMILES string of the molecule is COc1ccccc1N1C[C@H](C(=O)N(CC#N)CC#N)CC1=O. The number of carbonyl (C=O) groups excluding carboxylic acids is 2. The molecule has 7 heteroatoms. The predicted octanol–water partition coefficient (Wildman–Crippen LogP) is 0.924. The molecule has 1 atom stereocenters. The van der Waals surface area contributed by atoms with E-state index in [1.165, 1.54) is 16.9 Å². The van der Waals surface area contributed by atoms with Crippen LogP contribution in [0.1, 0.15) is 6.42 Å². The number of benzene rings is 1. The molecule has 7 nitrogen and oxygen atoms in total. The Bertz CT molecular complexity index is 673. The van der Waals surface area contributed by atoms with E-state index >= 15 is 0 Å². The quantitative estimate of drug-likeness (QED) is 0.753. The van der Waals surface area contributed by atoms with Crippen LogP contribution in [0.15, 0.2) is 24.3 Å². The van der Waals surface area contributed by atoms with E-state index in [1.54, 1.807) is 24.3 Å². The standard InChI is InChI=1S/C16H16N4O3/c1-23-14-5-3-2-4-13(14)20-11-12(10-15(20)21)16(22)19(8-6-17)9-7-18/h2-5,12H,8-11H2,1H3/t12-/m1/s1. The van der Waals surface area contributed by atoms with Crippen LogP contribution in [0, 0.1) is 28.6 Å². The van der Waals surface area contributed by atoms with E-state index in [2.05, 4.69) is 0 Å². The summed E-state index contributed by atoms with van der Waals surface area (Å²) in [6.07, 6.45) is 0.0598. The molecule has 1 saturated heterocycles. The Kier molecular flexibility index (Phi) is 5.16. The summed E-state index contributed by atoms with van der Waals surface area (Å²) in [5.41, 5.74) is 0.613. The molecule has 1 heterocycles. The van der Waals surface area contributed by atoms with E-state index in [0.717, 1.165) is 0 Å². The highest BCUT2D eigenvalue weighted by Crippen LogP contribution is 2.33. The van der Waals surface area contributed by atoms with Gasteiger partial charge in [-0.15, -0.1) is 0 Å². The molecule has 1 aliphatic heterocycles. The fourth-order valence-corrected chi connectivity index (χ4v) is 2.60. The minimum Gasteiger partial charge on any atom is -0.495 e. The monoisotopic (exact) mass is 312 g/mol. The van der Waals surface area contributed by atoms with Crippen molar-refractivity contribution in [3.63, 3.8) is 0 Å². The molecular weight excluding hydrogens is 296 g/mol. The largest absolute Gasteiger partial charge is 0.495 e. The minimum atomic E-state index is -0.561. The highest BCUT2D eigenvalue weighted by atomic mass is 16.5. The van der Waals surface area contributed by atoms with Crippen LogP contribution in [-0.4, -0.2) is 43.5 Å². The van der Waals surface area contributed by atoms with Crippen LogP contribution >= 0.6 is 0 Å². The molecule has 1 aromatic carbocycles. The number of para-hydroxylation sites is 2. The zero-order valence-corrected chi connectivity index (χ0v) is 12.7. The van der Waals surface area contributed by atoms with Crippen LogP contribution in [0.4, 0.5) is 5.69 Å². The molecule has 0 unspecified atom stereocenters. The first-order chi connectivity index (χ1) is 11.1. The molecule has 1 fully saturated rings. The number of hydrogen-bond donors (Lipinski definition) is 0. The molecule has 0 aliphatic carbocycles. The van der Waals surface area contributed by atoms with Crippen molar-refractivity contribution >= 4 is 17.5 Å². The molecule has 0 N–H and O–H groups in total. The average Bonchev–Trinajstić information content (AvgIpc) is 2.95. The second-order valence-corrected chi connectivity index (χ2v) is 5.09. The lowest BCUT2D eigenvalue weighted by molar-refractivity contribution is -0.134. The Morgan fingerprint density at radius 2 is 2.00 bits per heavy atom. The van der Waals surface area contributed by atoms with Crippen molar-refractivity contribution in [2.24, 2.45) is 5.92 Å². The highest BCUT2D eigenvalue weighted by molar-refractivity contribution is 6.01. The van der Waals surface area contributed by atoms with Gasteiger partial charge in [-0.05, 0) is 12.1 Å². The van der Waals surface area contributed by atoms with Gasteiger partial charge in [0.15, 0.2) is 0 Å². The van der Waals surface area contributed by atoms with Crippen molar-refractivity contribution in [1.29, 1.82) is 10.5 Å². The number of anilines is 1. The number of amides is 2. The van der Waals surface area contributed by atoms with Crippen LogP contribution in [0.5, 0.6) is 5.75 Å². The summed E-state index contributed by atoms with van der Waals surface area (Å²) in [4.78, 5) is 27.4. The molecule has 2 amide bonds. The third-order valence-corrected chi connectivity index (χ3v) is 3.69. The Morgan fingerprint density at radius 3 is 2.61 bits per heavy atom. The van der Waals surface area contributed by atoms with Crippen LogP contribution in [-0.2, 0) is 9.59 Å². The zero-order chi connectivity index (χ0) is 16.8. The van der Waals surface area contributed by atoms with Gasteiger partial charge in [0, 0.05) is 13.0 Å². The maximum Gasteiger partial charge on any atom is 0.229 e. The van der Waals surface area contributed by atoms with Gasteiger partial charge in [-0.1, -0.05) is 12.1 Å². The molecule has 1 aromatic rings. The topological polar surface area (TPSA) is 97.4 Å². The van der Waals surface area contributed by atoms with Gasteiger partial charge in [0.05, 0.1) is 30.9 Å². The lowest BCUT2D eigenvalue weighted by Crippen LogP contribution is -2.38. The van der Waals surface area contributed by atoms with Crippen molar-refractivity contribution < 1.29 is 14.3 Å². The van der Waals surface area contributed by atoms with E-state index in [4.69, 9.17) is 15.3 Å². The maximum atomic E-state index is 12.4. The smallest absolute Gasteiger partial charge is 0.229 e. The molecule has 0 radical (unpaired) electrons. The second-order valence-electron chi connectivity index (χ2n) is 5.09. The zero-order valence-electron chi connectivity index (χ0n) is 12.7. The van der Waals surface area contributed by atoms with Gasteiger partial charge in [0.1, 0.15) is 18.8 Å². The third kappa shape index (κ3) is 3.41. The van der Waals surface area contributed by atoms with E-state index in [1.807, 2.05) is 12.1 Å². The average molecular weight is 312 g/mol. The highest BCUT2D eigenvalue weighted by Gasteiger charge is 2.38. The summed E-state index contributed by atoms with van der Waals surface area (Å²) in [5, 5.41) is 17.5. The predicted molar refractivity (Wildman–Crippen MR) is 81.3 cm³/mol. The first kappa shape index (κ1) is 16.3. The molecule has 0 spiro atoms. The maximum absolute atomic E-state index is 12.4. The van der Waals surface area contributed by atoms with Crippen molar-refractivity contribution in [3.8, 4) is 17.9 Å². The Labute approximate surface area is 134 Å². The van der Waals surface area contributed by atoms with E-state index in [-0.39, 0.29) is 37.9 Å². The molecule has 2 rings (SSSR count). The third-order valence-electron chi connectivity index (χ3n) is 3.69. The molecule has 0 aromatic heterocycles. The van der Waals surface area contributed by atoms with E-state index in [0.29, 0.717) is 11.4 Å². The Balaban J connectivity index is 2.18. The van der Waals surface area contributed by atoms with Crippen LogP contribution in [0.25, 0.3) is 0 Å². The second kappa shape index (κ2) is 7.28. The number of nitriles is 2. The van der Waals surface area contributed by atoms with Crippen molar-refractivity contribution in [2.45, 2.75) is 6.42 Å². The molecule has 0 bridgehead atoms. The number of ether oxygens (including phenoxy) is 1. The minimum absolute atomic E-state index is 0.0598. The van der Waals surface area contributed by atoms with Gasteiger partial charge in [0.2, 0.25) is 11.8 Å². The van der Waals surface area contributed by atoms with Crippen LogP contribution < -0.4 is 9.64 Å². The molecular formula is C16H16N4O3. The summed E-state index contributed by atoms with van der Waals surface area (Å²) in [5.74, 6) is -0.533. The van der Waals surface area contributed by atoms with Gasteiger partial charge in [0.25, 0.3) is 0 Å². The first-order valence-corrected chi connectivity index (χ1v) is 7.08. The van der Waals surface area contributed by atoms with Crippen LogP contribution in [0.2, 0.25) is 0 Å². The van der Waals surface area contributed by atoms with Gasteiger partial charge < -0.3 is 14.5 Å². The number of nitrogens with zero attached hydrogens (tertiary/aromatic N) is 4.